The summed E-state index contributed by atoms with van der Waals surface area (Å²) in [5.41, 5.74) is 0.727. The van der Waals surface area contributed by atoms with Crippen molar-refractivity contribution in [2.75, 3.05) is 29.9 Å². The fourth-order valence-electron chi connectivity index (χ4n) is 1.83. The van der Waals surface area contributed by atoms with Gasteiger partial charge >= 0.3 is 0 Å². The topological polar surface area (TPSA) is 73.2 Å². The summed E-state index contributed by atoms with van der Waals surface area (Å²) >= 11 is 2.78. The van der Waals surface area contributed by atoms with Gasteiger partial charge in [0, 0.05) is 29.4 Å². The molecule has 0 unspecified atom stereocenters. The number of rotatable bonds is 6. The number of para-hydroxylation sites is 1. The van der Waals surface area contributed by atoms with Gasteiger partial charge in [0.25, 0.3) is 5.24 Å². The zero-order valence-corrected chi connectivity index (χ0v) is 13.0. The minimum Gasteiger partial charge on any atom is -0.324 e. The fraction of sp³-hybridized carbons (Fsp3) is 0.357. The van der Waals surface area contributed by atoms with Crippen LogP contribution >= 0.6 is 23.5 Å². The van der Waals surface area contributed by atoms with Gasteiger partial charge in [-0.25, -0.2) is 0 Å². The summed E-state index contributed by atoms with van der Waals surface area (Å²) in [4.78, 5) is 26.0. The lowest BCUT2D eigenvalue weighted by atomic mass is 10.3. The van der Waals surface area contributed by atoms with Crippen LogP contribution in [0.15, 0.2) is 29.2 Å². The molecule has 0 aromatic heterocycles. The van der Waals surface area contributed by atoms with Gasteiger partial charge in [-0.05, 0) is 12.1 Å². The Morgan fingerprint density at radius 1 is 1.48 bits per heavy atom. The van der Waals surface area contributed by atoms with Crippen molar-refractivity contribution in [2.45, 2.75) is 11.3 Å². The van der Waals surface area contributed by atoms with Crippen molar-refractivity contribution >= 4 is 40.4 Å². The number of nitrogens with zero attached hydrogens (tertiary/aromatic N) is 2. The van der Waals surface area contributed by atoms with E-state index in [0.29, 0.717) is 18.7 Å². The first-order chi connectivity index (χ1) is 10.2. The lowest BCUT2D eigenvalue weighted by Crippen LogP contribution is -2.33. The number of hydrogen-bond donors (Lipinski definition) is 1. The third kappa shape index (κ3) is 4.69. The second kappa shape index (κ2) is 7.96. The molecule has 1 aromatic carbocycles. The Bertz CT molecular complexity index is 572. The number of carbonyl (C=O) groups is 2. The average Bonchev–Trinajstić information content (AvgIpc) is 2.86. The molecule has 2 rings (SSSR count). The number of benzene rings is 1. The number of nitriles is 1. The molecule has 21 heavy (non-hydrogen) atoms. The minimum atomic E-state index is -0.195. The molecule has 7 heteroatoms. The minimum absolute atomic E-state index is 0.0400. The Hall–Kier alpha value is -1.65. The molecule has 110 valence electrons. The van der Waals surface area contributed by atoms with Crippen LogP contribution in [0, 0.1) is 11.3 Å². The van der Waals surface area contributed by atoms with Gasteiger partial charge in [-0.2, -0.15) is 5.26 Å². The quantitative estimate of drug-likeness (QED) is 0.644. The molecule has 1 fully saturated rings. The zero-order chi connectivity index (χ0) is 15.1. The van der Waals surface area contributed by atoms with Crippen molar-refractivity contribution < 1.29 is 9.59 Å². The van der Waals surface area contributed by atoms with Crippen LogP contribution in [0.1, 0.15) is 6.42 Å². The molecule has 2 amide bonds. The number of carbonyl (C=O) groups excluding carboxylic acids is 2. The molecule has 1 aliphatic heterocycles. The van der Waals surface area contributed by atoms with Gasteiger partial charge in [-0.3, -0.25) is 9.59 Å². The van der Waals surface area contributed by atoms with Gasteiger partial charge < -0.3 is 10.2 Å². The van der Waals surface area contributed by atoms with Crippen LogP contribution in [0.2, 0.25) is 0 Å². The summed E-state index contributed by atoms with van der Waals surface area (Å²) in [7, 11) is 0. The third-order valence-electron chi connectivity index (χ3n) is 2.81. The molecule has 1 N–H and O–H groups in total. The predicted molar refractivity (Wildman–Crippen MR) is 85.5 cm³/mol. The number of anilines is 1. The summed E-state index contributed by atoms with van der Waals surface area (Å²) < 4.78 is 0. The monoisotopic (exact) mass is 321 g/mol. The first-order valence-electron chi connectivity index (χ1n) is 6.51. The molecule has 1 heterocycles. The van der Waals surface area contributed by atoms with E-state index in [0.717, 1.165) is 16.3 Å². The molecule has 0 bridgehead atoms. The van der Waals surface area contributed by atoms with Crippen LogP contribution in [-0.2, 0) is 4.79 Å². The molecule has 1 aliphatic rings. The van der Waals surface area contributed by atoms with Crippen molar-refractivity contribution in [1.29, 1.82) is 5.26 Å². The van der Waals surface area contributed by atoms with Gasteiger partial charge in [0.15, 0.2) is 0 Å². The Balaban J connectivity index is 1.93. The summed E-state index contributed by atoms with van der Waals surface area (Å²) in [6.45, 7) is 0.707. The van der Waals surface area contributed by atoms with Crippen LogP contribution in [0.5, 0.6) is 0 Å². The van der Waals surface area contributed by atoms with Crippen LogP contribution in [-0.4, -0.2) is 40.6 Å². The fourth-order valence-corrected chi connectivity index (χ4v) is 3.52. The van der Waals surface area contributed by atoms with Gasteiger partial charge in [0.2, 0.25) is 5.91 Å². The van der Waals surface area contributed by atoms with E-state index in [2.05, 4.69) is 11.4 Å². The molecule has 0 saturated carbocycles. The summed E-state index contributed by atoms with van der Waals surface area (Å²) in [6, 6.07) is 9.58. The highest BCUT2D eigenvalue weighted by atomic mass is 32.2. The van der Waals surface area contributed by atoms with Crippen LogP contribution < -0.4 is 5.32 Å². The summed E-state index contributed by atoms with van der Waals surface area (Å²) in [5.74, 6) is 1.23. The highest BCUT2D eigenvalue weighted by Crippen LogP contribution is 2.27. The Labute approximate surface area is 132 Å². The van der Waals surface area contributed by atoms with Crippen LogP contribution in [0.4, 0.5) is 10.5 Å². The van der Waals surface area contributed by atoms with Crippen molar-refractivity contribution in [3.63, 3.8) is 0 Å². The Morgan fingerprint density at radius 2 is 2.29 bits per heavy atom. The first-order valence-corrected chi connectivity index (χ1v) is 8.48. The third-order valence-corrected chi connectivity index (χ3v) is 4.78. The number of amides is 2. The second-order valence-electron chi connectivity index (χ2n) is 4.34. The summed E-state index contributed by atoms with van der Waals surface area (Å²) in [5, 5.41) is 11.4. The normalized spacial score (nSPS) is 14.0. The SMILES string of the molecule is N#CCCSc1ccccc1NC(=O)CN1CCSC1=O. The van der Waals surface area contributed by atoms with Crippen molar-refractivity contribution in [3.8, 4) is 6.07 Å². The zero-order valence-electron chi connectivity index (χ0n) is 11.4. The van der Waals surface area contributed by atoms with E-state index in [1.54, 1.807) is 4.90 Å². The largest absolute Gasteiger partial charge is 0.324 e. The van der Waals surface area contributed by atoms with Crippen LogP contribution in [0.25, 0.3) is 0 Å². The smallest absolute Gasteiger partial charge is 0.282 e. The van der Waals surface area contributed by atoms with Gasteiger partial charge in [-0.15, -0.1) is 11.8 Å². The molecule has 0 aliphatic carbocycles. The molecule has 0 spiro atoms. The molecule has 0 atom stereocenters. The van der Waals surface area contributed by atoms with E-state index in [1.807, 2.05) is 24.3 Å². The first kappa shape index (κ1) is 15.7. The van der Waals surface area contributed by atoms with E-state index in [4.69, 9.17) is 5.26 Å². The maximum absolute atomic E-state index is 12.0. The lowest BCUT2D eigenvalue weighted by Gasteiger charge is -2.15. The number of hydrogen-bond acceptors (Lipinski definition) is 5. The van der Waals surface area contributed by atoms with E-state index >= 15 is 0 Å². The maximum Gasteiger partial charge on any atom is 0.282 e. The number of thioether (sulfide) groups is 2. The molecule has 0 radical (unpaired) electrons. The van der Waals surface area contributed by atoms with Crippen molar-refractivity contribution in [2.24, 2.45) is 0 Å². The second-order valence-corrected chi connectivity index (χ2v) is 6.52. The predicted octanol–water partition coefficient (Wildman–Crippen LogP) is 2.80. The standard InChI is InChI=1S/C14H15N3O2S2/c15-6-3-8-20-12-5-2-1-4-11(12)16-13(18)10-17-7-9-21-14(17)19/h1-2,4-5H,3,7-10H2,(H,16,18). The van der Waals surface area contributed by atoms with E-state index in [9.17, 15) is 9.59 Å². The lowest BCUT2D eigenvalue weighted by molar-refractivity contribution is -0.116. The van der Waals surface area contributed by atoms with E-state index in [1.165, 1.54) is 23.5 Å². The highest BCUT2D eigenvalue weighted by Gasteiger charge is 2.23. The Kier molecular flexibility index (Phi) is 5.96. The molecular formula is C14H15N3O2S2. The van der Waals surface area contributed by atoms with Crippen molar-refractivity contribution in [1.82, 2.24) is 4.90 Å². The summed E-state index contributed by atoms with van der Waals surface area (Å²) in [6.07, 6.45) is 0.465. The molecule has 1 saturated heterocycles. The molecule has 5 nitrogen and oxygen atoms in total. The highest BCUT2D eigenvalue weighted by molar-refractivity contribution is 8.13. The van der Waals surface area contributed by atoms with Crippen molar-refractivity contribution in [3.05, 3.63) is 24.3 Å². The molecule has 1 aromatic rings. The molecular weight excluding hydrogens is 306 g/mol. The van der Waals surface area contributed by atoms with Gasteiger partial charge in [-0.1, -0.05) is 23.9 Å². The Morgan fingerprint density at radius 3 is 3.00 bits per heavy atom. The van der Waals surface area contributed by atoms with Gasteiger partial charge in [0.05, 0.1) is 11.8 Å². The van der Waals surface area contributed by atoms with E-state index in [-0.39, 0.29) is 17.7 Å². The van der Waals surface area contributed by atoms with E-state index < -0.39 is 0 Å². The van der Waals surface area contributed by atoms with Crippen LogP contribution in [0.3, 0.4) is 0 Å². The van der Waals surface area contributed by atoms with Gasteiger partial charge in [0.1, 0.15) is 6.54 Å². The average molecular weight is 321 g/mol. The maximum atomic E-state index is 12.0. The number of nitrogens with one attached hydrogen (secondary N) is 1.